The minimum atomic E-state index is -0.786. The summed E-state index contributed by atoms with van der Waals surface area (Å²) in [4.78, 5) is 12.9. The molecule has 0 spiro atoms. The molecule has 0 unspecified atom stereocenters. The van der Waals surface area contributed by atoms with Crippen LogP contribution in [0.25, 0.3) is 0 Å². The number of alkyl carbamates (subject to hydrolysis) is 1. The van der Waals surface area contributed by atoms with Crippen LogP contribution in [-0.4, -0.2) is 43.0 Å². The van der Waals surface area contributed by atoms with E-state index >= 15 is 0 Å². The number of carbonyl (C=O) groups is 1. The van der Waals surface area contributed by atoms with Crippen molar-refractivity contribution in [1.82, 2.24) is 5.32 Å². The van der Waals surface area contributed by atoms with E-state index in [1.807, 2.05) is 26.8 Å². The Morgan fingerprint density at radius 2 is 1.55 bits per heavy atom. The van der Waals surface area contributed by atoms with Crippen molar-refractivity contribution in [2.24, 2.45) is 17.3 Å². The average Bonchev–Trinajstić information content (AvgIpc) is 2.59. The Bertz CT molecular complexity index is 516. The largest absolute Gasteiger partial charge is 0.444 e. The van der Waals surface area contributed by atoms with Crippen molar-refractivity contribution < 1.29 is 18.4 Å². The maximum atomic E-state index is 12.9. The molecular weight excluding hydrogens is 398 g/mol. The second kappa shape index (κ2) is 11.1. The van der Waals surface area contributed by atoms with E-state index in [1.54, 1.807) is 0 Å². The zero-order valence-electron chi connectivity index (χ0n) is 20.1. The zero-order chi connectivity index (χ0) is 22.3. The highest BCUT2D eigenvalue weighted by Crippen LogP contribution is 2.44. The lowest BCUT2D eigenvalue weighted by Gasteiger charge is -2.51. The van der Waals surface area contributed by atoms with E-state index in [0.717, 1.165) is 12.8 Å². The van der Waals surface area contributed by atoms with Gasteiger partial charge in [0.05, 0.1) is 6.04 Å². The highest BCUT2D eigenvalue weighted by atomic mass is 28.2. The lowest BCUT2D eigenvalue weighted by molar-refractivity contribution is -0.198. The standard InChI is InChI=1S/C22H45NO4Si2/c1-10-17(20(2,3)4)18(23-19(24)25-21(5,6)7)22(26-28-8,27-29-9)16-14-12-11-13-15-16/h10,16-18H,1,11-15,28-29H2,2-9H3,(H,23,24)/t17-,18+/m1/s1. The van der Waals surface area contributed by atoms with Crippen LogP contribution in [0.3, 0.4) is 0 Å². The molecule has 0 aromatic rings. The van der Waals surface area contributed by atoms with Crippen molar-refractivity contribution in [3.63, 3.8) is 0 Å². The van der Waals surface area contributed by atoms with Gasteiger partial charge >= 0.3 is 6.09 Å². The van der Waals surface area contributed by atoms with E-state index in [0.29, 0.717) is 0 Å². The highest BCUT2D eigenvalue weighted by molar-refractivity contribution is 6.26. The molecule has 2 atom stereocenters. The van der Waals surface area contributed by atoms with Crippen LogP contribution in [0.15, 0.2) is 12.7 Å². The summed E-state index contributed by atoms with van der Waals surface area (Å²) in [6.07, 6.45) is 7.31. The average molecular weight is 444 g/mol. The van der Waals surface area contributed by atoms with Crippen molar-refractivity contribution >= 4 is 25.6 Å². The molecule has 0 radical (unpaired) electrons. The minimum Gasteiger partial charge on any atom is -0.444 e. The number of amides is 1. The number of ether oxygens (including phenoxy) is 1. The monoisotopic (exact) mass is 443 g/mol. The fourth-order valence-electron chi connectivity index (χ4n) is 4.53. The fraction of sp³-hybridized carbons (Fsp3) is 0.864. The molecule has 0 heterocycles. The molecule has 170 valence electrons. The molecule has 1 rings (SSSR count). The van der Waals surface area contributed by atoms with Gasteiger partial charge in [-0.1, -0.05) is 59.2 Å². The third-order valence-corrected chi connectivity index (χ3v) is 7.11. The van der Waals surface area contributed by atoms with Crippen LogP contribution in [0.4, 0.5) is 4.79 Å². The number of hydrogen-bond donors (Lipinski definition) is 1. The summed E-state index contributed by atoms with van der Waals surface area (Å²) in [5.74, 6) is -0.523. The maximum absolute atomic E-state index is 12.9. The third-order valence-electron chi connectivity index (χ3n) is 5.63. The SMILES string of the molecule is C=C[C@H]([C@H](NC(=O)OC(C)(C)C)C(O[SiH2]C)(O[SiH2]C)C1CCCCC1)C(C)(C)C. The second-order valence-electron chi connectivity index (χ2n) is 10.2. The Morgan fingerprint density at radius 1 is 1.03 bits per heavy atom. The normalized spacial score (nSPS) is 21.2. The van der Waals surface area contributed by atoms with Crippen LogP contribution in [0.2, 0.25) is 13.1 Å². The van der Waals surface area contributed by atoms with Crippen molar-refractivity contribution in [3.8, 4) is 0 Å². The number of rotatable bonds is 9. The van der Waals surface area contributed by atoms with E-state index in [2.05, 4.69) is 45.8 Å². The van der Waals surface area contributed by atoms with Crippen molar-refractivity contribution in [2.75, 3.05) is 0 Å². The first-order valence-corrected chi connectivity index (χ1v) is 15.3. The Hall–Kier alpha value is -0.636. The Labute approximate surface area is 183 Å². The van der Waals surface area contributed by atoms with Gasteiger partial charge in [-0.25, -0.2) is 4.79 Å². The molecule has 1 N–H and O–H groups in total. The first-order chi connectivity index (χ1) is 13.4. The molecule has 0 aliphatic heterocycles. The lowest BCUT2D eigenvalue weighted by atomic mass is 9.69. The molecule has 1 saturated carbocycles. The van der Waals surface area contributed by atoms with Gasteiger partial charge in [0.15, 0.2) is 25.3 Å². The van der Waals surface area contributed by atoms with Gasteiger partial charge in [-0.15, -0.1) is 6.58 Å². The summed E-state index contributed by atoms with van der Waals surface area (Å²) in [7, 11) is -1.56. The molecule has 29 heavy (non-hydrogen) atoms. The second-order valence-corrected chi connectivity index (χ2v) is 11.9. The van der Waals surface area contributed by atoms with Crippen LogP contribution < -0.4 is 5.32 Å². The Kier molecular flexibility index (Phi) is 10.1. The molecule has 7 heteroatoms. The smallest absolute Gasteiger partial charge is 0.408 e. The summed E-state index contributed by atoms with van der Waals surface area (Å²) in [5.41, 5.74) is -0.674. The molecule has 0 aromatic carbocycles. The van der Waals surface area contributed by atoms with E-state index in [9.17, 15) is 4.79 Å². The molecular formula is C22H45NO4Si2. The van der Waals surface area contributed by atoms with Crippen LogP contribution in [0.5, 0.6) is 0 Å². The highest BCUT2D eigenvalue weighted by Gasteiger charge is 2.52. The van der Waals surface area contributed by atoms with Gasteiger partial charge in [0, 0.05) is 11.8 Å². The molecule has 1 amide bonds. The predicted molar refractivity (Wildman–Crippen MR) is 127 cm³/mol. The van der Waals surface area contributed by atoms with Crippen LogP contribution in [-0.2, 0) is 13.6 Å². The van der Waals surface area contributed by atoms with Gasteiger partial charge in [0.2, 0.25) is 0 Å². The predicted octanol–water partition coefficient (Wildman–Crippen LogP) is 4.30. The van der Waals surface area contributed by atoms with Crippen molar-refractivity contribution in [1.29, 1.82) is 0 Å². The zero-order valence-corrected chi connectivity index (χ0v) is 22.9. The van der Waals surface area contributed by atoms with Gasteiger partial charge in [0.1, 0.15) is 5.60 Å². The topological polar surface area (TPSA) is 56.8 Å². The maximum Gasteiger partial charge on any atom is 0.408 e. The van der Waals surface area contributed by atoms with Gasteiger partial charge in [-0.05, 0) is 39.0 Å². The van der Waals surface area contributed by atoms with Crippen LogP contribution in [0, 0.1) is 17.3 Å². The van der Waals surface area contributed by atoms with Gasteiger partial charge in [-0.2, -0.15) is 0 Å². The van der Waals surface area contributed by atoms with Gasteiger partial charge in [-0.3, -0.25) is 0 Å². The molecule has 0 bridgehead atoms. The number of carbonyl (C=O) groups excluding carboxylic acids is 1. The quantitative estimate of drug-likeness (QED) is 0.328. The van der Waals surface area contributed by atoms with E-state index in [4.69, 9.17) is 13.6 Å². The van der Waals surface area contributed by atoms with Crippen molar-refractivity contribution in [3.05, 3.63) is 12.7 Å². The van der Waals surface area contributed by atoms with Gasteiger partial charge in [0.25, 0.3) is 0 Å². The molecule has 1 aliphatic carbocycles. The first kappa shape index (κ1) is 26.4. The minimum absolute atomic E-state index is 0.0157. The summed E-state index contributed by atoms with van der Waals surface area (Å²) >= 11 is 0. The van der Waals surface area contributed by atoms with Gasteiger partial charge < -0.3 is 18.9 Å². The van der Waals surface area contributed by atoms with Crippen LogP contribution >= 0.6 is 0 Å². The van der Waals surface area contributed by atoms with E-state index < -0.39 is 37.0 Å². The number of nitrogens with one attached hydrogen (secondary N) is 1. The molecule has 1 fully saturated rings. The summed E-state index contributed by atoms with van der Waals surface area (Å²) in [6.45, 7) is 20.6. The molecule has 0 aromatic heterocycles. The van der Waals surface area contributed by atoms with E-state index in [1.165, 1.54) is 19.3 Å². The lowest BCUT2D eigenvalue weighted by Crippen LogP contribution is -2.65. The molecule has 5 nitrogen and oxygen atoms in total. The summed E-state index contributed by atoms with van der Waals surface area (Å²) in [5, 5.41) is 3.20. The fourth-order valence-corrected chi connectivity index (χ4v) is 6.60. The van der Waals surface area contributed by atoms with Crippen molar-refractivity contribution in [2.45, 2.75) is 104 Å². The Balaban J connectivity index is 3.46. The summed E-state index contributed by atoms with van der Waals surface area (Å²) in [6, 6.07) is -0.335. The number of hydrogen-bond acceptors (Lipinski definition) is 4. The first-order valence-electron chi connectivity index (χ1n) is 11.3. The van der Waals surface area contributed by atoms with E-state index in [-0.39, 0.29) is 23.3 Å². The Morgan fingerprint density at radius 3 is 1.93 bits per heavy atom. The van der Waals surface area contributed by atoms with Crippen LogP contribution in [0.1, 0.15) is 73.6 Å². The molecule has 0 saturated heterocycles. The summed E-state index contributed by atoms with van der Waals surface area (Å²) < 4.78 is 18.9. The third kappa shape index (κ3) is 7.53. The molecule has 1 aliphatic rings.